The Morgan fingerprint density at radius 2 is 2.08 bits per heavy atom. The van der Waals surface area contributed by atoms with Crippen LogP contribution in [-0.2, 0) is 11.3 Å². The van der Waals surface area contributed by atoms with Crippen molar-refractivity contribution in [3.8, 4) is 23.3 Å². The first kappa shape index (κ1) is 16.3. The van der Waals surface area contributed by atoms with Gasteiger partial charge in [0, 0.05) is 5.46 Å². The fourth-order valence-electron chi connectivity index (χ4n) is 2.35. The van der Waals surface area contributed by atoms with Crippen molar-refractivity contribution in [3.05, 3.63) is 48.0 Å². The van der Waals surface area contributed by atoms with Crippen LogP contribution in [0.15, 0.2) is 42.5 Å². The topological polar surface area (TPSA) is 97.7 Å². The second-order valence-corrected chi connectivity index (χ2v) is 5.86. The molecular weight excluding hydrogens is 307 g/mol. The standard InChI is InChI=1S/C17H17BN2O4/c1-17(20,10-19)11-22-14-8-7-12-9-23-18(21)15(12)16(14)24-13-5-3-2-4-6-13/h2-8,21H,9,11,20H2,1H3/t17-/m0/s1. The van der Waals surface area contributed by atoms with E-state index in [1.54, 1.807) is 31.2 Å². The van der Waals surface area contributed by atoms with E-state index in [2.05, 4.69) is 0 Å². The highest BCUT2D eigenvalue weighted by molar-refractivity contribution is 6.62. The molecule has 0 amide bonds. The minimum atomic E-state index is -1.13. The summed E-state index contributed by atoms with van der Waals surface area (Å²) >= 11 is 0. The Kier molecular flexibility index (Phi) is 4.45. The predicted molar refractivity (Wildman–Crippen MR) is 89.1 cm³/mol. The summed E-state index contributed by atoms with van der Waals surface area (Å²) in [6, 6.07) is 14.7. The lowest BCUT2D eigenvalue weighted by atomic mass is 9.78. The Hall–Kier alpha value is -2.53. The number of rotatable bonds is 5. The predicted octanol–water partition coefficient (Wildman–Crippen LogP) is 1.32. The van der Waals surface area contributed by atoms with Crippen LogP contribution in [0.25, 0.3) is 0 Å². The van der Waals surface area contributed by atoms with Gasteiger partial charge in [0.25, 0.3) is 0 Å². The van der Waals surface area contributed by atoms with Crippen LogP contribution in [0.4, 0.5) is 0 Å². The Morgan fingerprint density at radius 3 is 2.79 bits per heavy atom. The molecule has 0 saturated heterocycles. The first-order valence-corrected chi connectivity index (χ1v) is 7.51. The molecule has 1 atom stereocenters. The van der Waals surface area contributed by atoms with Crippen molar-refractivity contribution in [1.29, 1.82) is 5.26 Å². The zero-order valence-corrected chi connectivity index (χ0v) is 13.2. The van der Waals surface area contributed by atoms with E-state index < -0.39 is 12.7 Å². The number of nitriles is 1. The molecule has 0 bridgehead atoms. The largest absolute Gasteiger partial charge is 0.495 e. The average molecular weight is 324 g/mol. The third-order valence-corrected chi connectivity index (χ3v) is 3.64. The SMILES string of the molecule is C[C@](N)(C#N)COc1ccc2c(c1Oc1ccccc1)B(O)OC2. The highest BCUT2D eigenvalue weighted by Crippen LogP contribution is 2.33. The van der Waals surface area contributed by atoms with Gasteiger partial charge in [-0.3, -0.25) is 0 Å². The van der Waals surface area contributed by atoms with Gasteiger partial charge in [-0.1, -0.05) is 24.3 Å². The van der Waals surface area contributed by atoms with Crippen LogP contribution < -0.4 is 20.7 Å². The number of nitrogens with zero attached hydrogens (tertiary/aromatic N) is 1. The van der Waals surface area contributed by atoms with Crippen LogP contribution in [0.3, 0.4) is 0 Å². The van der Waals surface area contributed by atoms with Crippen molar-refractivity contribution in [1.82, 2.24) is 0 Å². The second kappa shape index (κ2) is 6.53. The lowest BCUT2D eigenvalue weighted by molar-refractivity contribution is 0.256. The van der Waals surface area contributed by atoms with E-state index in [0.29, 0.717) is 29.3 Å². The first-order valence-electron chi connectivity index (χ1n) is 7.51. The summed E-state index contributed by atoms with van der Waals surface area (Å²) in [6.45, 7) is 1.87. The first-order chi connectivity index (χ1) is 11.5. The molecule has 0 aliphatic carbocycles. The number of ether oxygens (including phenoxy) is 2. The second-order valence-electron chi connectivity index (χ2n) is 5.86. The maximum Gasteiger partial charge on any atom is 0.495 e. The molecule has 1 heterocycles. The number of hydrogen-bond acceptors (Lipinski definition) is 6. The third-order valence-electron chi connectivity index (χ3n) is 3.64. The van der Waals surface area contributed by atoms with Crippen LogP contribution in [0.2, 0.25) is 0 Å². The summed E-state index contributed by atoms with van der Waals surface area (Å²) < 4.78 is 16.9. The van der Waals surface area contributed by atoms with E-state index in [4.69, 9.17) is 25.1 Å². The van der Waals surface area contributed by atoms with Gasteiger partial charge in [-0.05, 0) is 30.7 Å². The minimum absolute atomic E-state index is 0.00953. The molecule has 1 aliphatic rings. The normalized spacial score (nSPS) is 15.3. The minimum Gasteiger partial charge on any atom is -0.487 e. The van der Waals surface area contributed by atoms with E-state index in [9.17, 15) is 5.02 Å². The van der Waals surface area contributed by atoms with Crippen LogP contribution >= 0.6 is 0 Å². The van der Waals surface area contributed by atoms with Crippen LogP contribution in [0, 0.1) is 11.3 Å². The maximum absolute atomic E-state index is 10.1. The van der Waals surface area contributed by atoms with Crippen LogP contribution in [-0.4, -0.2) is 24.3 Å². The van der Waals surface area contributed by atoms with Crippen molar-refractivity contribution in [2.75, 3.05) is 6.61 Å². The molecule has 7 heteroatoms. The Morgan fingerprint density at radius 1 is 1.33 bits per heavy atom. The van der Waals surface area contributed by atoms with E-state index in [1.165, 1.54) is 0 Å². The van der Waals surface area contributed by atoms with Crippen molar-refractivity contribution < 1.29 is 19.2 Å². The molecule has 0 saturated carbocycles. The molecule has 3 rings (SSSR count). The Balaban J connectivity index is 1.96. The summed E-state index contributed by atoms with van der Waals surface area (Å²) in [7, 11) is -1.08. The number of fused-ring (bicyclic) bond motifs is 1. The fraction of sp³-hybridized carbons (Fsp3) is 0.235. The number of hydrogen-bond donors (Lipinski definition) is 2. The van der Waals surface area contributed by atoms with Crippen LogP contribution in [0.1, 0.15) is 12.5 Å². The van der Waals surface area contributed by atoms with E-state index in [-0.39, 0.29) is 6.61 Å². The molecule has 0 fully saturated rings. The summed E-state index contributed by atoms with van der Waals surface area (Å²) in [5.74, 6) is 1.37. The fourth-order valence-corrected chi connectivity index (χ4v) is 2.35. The molecule has 1 aliphatic heterocycles. The van der Waals surface area contributed by atoms with Gasteiger partial charge in [0.05, 0.1) is 12.7 Å². The van der Waals surface area contributed by atoms with Gasteiger partial charge in [-0.15, -0.1) is 0 Å². The Bertz CT molecular complexity index is 774. The molecule has 0 spiro atoms. The highest BCUT2D eigenvalue weighted by atomic mass is 16.5. The van der Waals surface area contributed by atoms with Crippen LogP contribution in [0.5, 0.6) is 17.2 Å². The molecule has 0 unspecified atom stereocenters. The molecule has 6 nitrogen and oxygen atoms in total. The molecule has 0 radical (unpaired) electrons. The third kappa shape index (κ3) is 3.36. The zero-order valence-electron chi connectivity index (χ0n) is 13.2. The van der Waals surface area contributed by atoms with Gasteiger partial charge in [0.15, 0.2) is 11.5 Å². The molecule has 0 aromatic heterocycles. The summed E-state index contributed by atoms with van der Waals surface area (Å²) in [5, 5.41) is 19.1. The molecule has 2 aromatic carbocycles. The van der Waals surface area contributed by atoms with Gasteiger partial charge in [0.2, 0.25) is 0 Å². The summed E-state index contributed by atoms with van der Waals surface area (Å²) in [5.41, 5.74) is 6.04. The Labute approximate surface area is 140 Å². The van der Waals surface area contributed by atoms with E-state index in [0.717, 1.165) is 5.56 Å². The van der Waals surface area contributed by atoms with Gasteiger partial charge >= 0.3 is 7.12 Å². The van der Waals surface area contributed by atoms with Gasteiger partial charge < -0.3 is 24.9 Å². The number of nitrogens with two attached hydrogens (primary N) is 1. The van der Waals surface area contributed by atoms with Crippen molar-refractivity contribution in [2.24, 2.45) is 5.73 Å². The van der Waals surface area contributed by atoms with Gasteiger partial charge in [0.1, 0.15) is 17.9 Å². The van der Waals surface area contributed by atoms with Crippen molar-refractivity contribution in [2.45, 2.75) is 19.1 Å². The number of para-hydroxylation sites is 1. The van der Waals surface area contributed by atoms with Gasteiger partial charge in [-0.25, -0.2) is 0 Å². The van der Waals surface area contributed by atoms with Crippen molar-refractivity contribution in [3.63, 3.8) is 0 Å². The highest BCUT2D eigenvalue weighted by Gasteiger charge is 2.34. The number of benzene rings is 2. The average Bonchev–Trinajstić information content (AvgIpc) is 2.96. The molecule has 3 N–H and O–H groups in total. The van der Waals surface area contributed by atoms with E-state index in [1.807, 2.05) is 24.3 Å². The maximum atomic E-state index is 10.1. The van der Waals surface area contributed by atoms with Crippen molar-refractivity contribution >= 4 is 12.6 Å². The van der Waals surface area contributed by atoms with E-state index >= 15 is 0 Å². The molecule has 2 aromatic rings. The lowest BCUT2D eigenvalue weighted by Crippen LogP contribution is -2.41. The smallest absolute Gasteiger partial charge is 0.487 e. The summed E-state index contributed by atoms with van der Waals surface area (Å²) in [6.07, 6.45) is 0. The summed E-state index contributed by atoms with van der Waals surface area (Å²) in [4.78, 5) is 0. The lowest BCUT2D eigenvalue weighted by Gasteiger charge is -2.20. The molecule has 122 valence electrons. The molecule has 24 heavy (non-hydrogen) atoms. The quantitative estimate of drug-likeness (QED) is 0.805. The van der Waals surface area contributed by atoms with Gasteiger partial charge in [-0.2, -0.15) is 5.26 Å². The zero-order chi connectivity index (χ0) is 17.2. The monoisotopic (exact) mass is 324 g/mol. The molecular formula is C17H17BN2O4.